The van der Waals surface area contributed by atoms with Crippen LogP contribution in [0.2, 0.25) is 0 Å². The van der Waals surface area contributed by atoms with Gasteiger partial charge in [0, 0.05) is 24.4 Å². The lowest BCUT2D eigenvalue weighted by Gasteiger charge is -2.21. The van der Waals surface area contributed by atoms with E-state index < -0.39 is 21.6 Å². The molecule has 2 aliphatic carbocycles. The molecule has 0 aliphatic heterocycles. The van der Waals surface area contributed by atoms with Crippen molar-refractivity contribution in [2.45, 2.75) is 50.9 Å². The molecule has 2 aliphatic rings. The van der Waals surface area contributed by atoms with Gasteiger partial charge in [0.25, 0.3) is 10.0 Å². The minimum Gasteiger partial charge on any atom is -0.506 e. The van der Waals surface area contributed by atoms with Gasteiger partial charge in [-0.1, -0.05) is 48.9 Å². The van der Waals surface area contributed by atoms with E-state index in [2.05, 4.69) is 4.72 Å². The van der Waals surface area contributed by atoms with Crippen LogP contribution in [0.15, 0.2) is 69.2 Å². The van der Waals surface area contributed by atoms with E-state index in [1.165, 1.54) is 6.08 Å². The standard InChI is InChI=1S/C29H29NO6S/c31-23-12-5-2-6-13-24-26(23)28(32)27(29(33)36-24)25(20-14-15-20)21-10-7-11-22(18-21)30-37(34,35)17-16-19-8-3-1-4-9-19/h1,3-4,7-11,16-18,20,25,30,32H,2,5-6,12-15H2/b17-16+. The van der Waals surface area contributed by atoms with Crippen LogP contribution in [0, 0.1) is 5.92 Å². The van der Waals surface area contributed by atoms with Crippen LogP contribution >= 0.6 is 0 Å². The number of carbonyl (C=O) groups excluding carboxylic acids is 1. The third-order valence-electron chi connectivity index (χ3n) is 6.94. The van der Waals surface area contributed by atoms with Crippen molar-refractivity contribution in [3.05, 3.63) is 98.4 Å². The number of anilines is 1. The number of nitrogens with one attached hydrogen (secondary N) is 1. The third kappa shape index (κ3) is 5.69. The van der Waals surface area contributed by atoms with E-state index in [1.54, 1.807) is 36.4 Å². The van der Waals surface area contributed by atoms with Crippen LogP contribution in [0.5, 0.6) is 5.75 Å². The smallest absolute Gasteiger partial charge is 0.343 e. The number of aromatic hydroxyl groups is 1. The summed E-state index contributed by atoms with van der Waals surface area (Å²) in [4.78, 5) is 26.0. The van der Waals surface area contributed by atoms with Crippen LogP contribution in [-0.2, 0) is 16.4 Å². The summed E-state index contributed by atoms with van der Waals surface area (Å²) in [6.07, 6.45) is 6.34. The van der Waals surface area contributed by atoms with Crippen molar-refractivity contribution < 1.29 is 22.7 Å². The van der Waals surface area contributed by atoms with E-state index in [0.29, 0.717) is 24.1 Å². The van der Waals surface area contributed by atoms with Crippen LogP contribution in [0.25, 0.3) is 6.08 Å². The first-order valence-electron chi connectivity index (χ1n) is 12.6. The summed E-state index contributed by atoms with van der Waals surface area (Å²) in [6, 6.07) is 15.9. The summed E-state index contributed by atoms with van der Waals surface area (Å²) in [6.45, 7) is 0. The van der Waals surface area contributed by atoms with Gasteiger partial charge >= 0.3 is 5.63 Å². The van der Waals surface area contributed by atoms with Crippen molar-refractivity contribution >= 4 is 27.6 Å². The van der Waals surface area contributed by atoms with Gasteiger partial charge in [-0.3, -0.25) is 9.52 Å². The summed E-state index contributed by atoms with van der Waals surface area (Å²) < 4.78 is 33.6. The van der Waals surface area contributed by atoms with Crippen LogP contribution in [-0.4, -0.2) is 19.3 Å². The number of sulfonamides is 1. The predicted molar refractivity (Wildman–Crippen MR) is 142 cm³/mol. The molecule has 0 bridgehead atoms. The van der Waals surface area contributed by atoms with Gasteiger partial charge in [0.2, 0.25) is 0 Å². The molecule has 0 spiro atoms. The van der Waals surface area contributed by atoms with E-state index in [-0.39, 0.29) is 34.3 Å². The average molecular weight is 520 g/mol. The molecular formula is C29H29NO6S. The van der Waals surface area contributed by atoms with Gasteiger partial charge in [-0.2, -0.15) is 0 Å². The fourth-order valence-corrected chi connectivity index (χ4v) is 5.88. The average Bonchev–Trinajstić information content (AvgIpc) is 3.69. The first-order chi connectivity index (χ1) is 17.8. The Bertz CT molecular complexity index is 1500. The molecule has 1 heterocycles. The summed E-state index contributed by atoms with van der Waals surface area (Å²) in [7, 11) is -3.79. The monoisotopic (exact) mass is 519 g/mol. The Balaban J connectivity index is 1.49. The van der Waals surface area contributed by atoms with Gasteiger partial charge in [0.15, 0.2) is 5.78 Å². The number of aryl methyl sites for hydroxylation is 1. The predicted octanol–water partition coefficient (Wildman–Crippen LogP) is 5.60. The van der Waals surface area contributed by atoms with Gasteiger partial charge in [-0.25, -0.2) is 13.2 Å². The van der Waals surface area contributed by atoms with E-state index in [9.17, 15) is 23.1 Å². The summed E-state index contributed by atoms with van der Waals surface area (Å²) in [5.41, 5.74) is 1.34. The molecule has 1 saturated carbocycles. The Morgan fingerprint density at radius 2 is 1.73 bits per heavy atom. The first kappa shape index (κ1) is 25.0. The van der Waals surface area contributed by atoms with Crippen molar-refractivity contribution in [1.29, 1.82) is 0 Å². The van der Waals surface area contributed by atoms with Crippen LogP contribution in [0.1, 0.15) is 77.3 Å². The Morgan fingerprint density at radius 1 is 0.973 bits per heavy atom. The highest BCUT2D eigenvalue weighted by molar-refractivity contribution is 7.95. The molecular weight excluding hydrogens is 490 g/mol. The van der Waals surface area contributed by atoms with Gasteiger partial charge < -0.3 is 9.52 Å². The maximum absolute atomic E-state index is 13.1. The zero-order valence-corrected chi connectivity index (χ0v) is 21.2. The maximum Gasteiger partial charge on any atom is 0.343 e. The third-order valence-corrected chi connectivity index (χ3v) is 7.96. The zero-order valence-electron chi connectivity index (χ0n) is 20.4. The molecule has 0 saturated heterocycles. The van der Waals surface area contributed by atoms with Gasteiger partial charge in [-0.05, 0) is 60.9 Å². The largest absolute Gasteiger partial charge is 0.506 e. The number of Topliss-reactive ketones (excluding diaryl/α,β-unsaturated/α-hetero) is 1. The number of ketones is 1. The molecule has 37 heavy (non-hydrogen) atoms. The lowest BCUT2D eigenvalue weighted by Crippen LogP contribution is -2.21. The Kier molecular flexibility index (Phi) is 7.02. The van der Waals surface area contributed by atoms with E-state index in [0.717, 1.165) is 43.1 Å². The van der Waals surface area contributed by atoms with Crippen molar-refractivity contribution in [3.8, 4) is 5.75 Å². The van der Waals surface area contributed by atoms with Gasteiger partial charge in [-0.15, -0.1) is 0 Å². The molecule has 1 fully saturated rings. The molecule has 0 radical (unpaired) electrons. The SMILES string of the molecule is O=C1CCCCCc2oc(=O)c(C(c3cccc(NS(=O)(=O)/C=C/c4ccccc4)c3)C3CC3)c(O)c21. The zero-order chi connectivity index (χ0) is 26.0. The van der Waals surface area contributed by atoms with Crippen LogP contribution in [0.3, 0.4) is 0 Å². The highest BCUT2D eigenvalue weighted by Gasteiger charge is 2.39. The van der Waals surface area contributed by atoms with Gasteiger partial charge in [0.1, 0.15) is 11.5 Å². The molecule has 8 heteroatoms. The molecule has 1 atom stereocenters. The van der Waals surface area contributed by atoms with Crippen molar-refractivity contribution in [2.75, 3.05) is 4.72 Å². The molecule has 5 rings (SSSR count). The number of rotatable bonds is 7. The van der Waals surface area contributed by atoms with Crippen LogP contribution in [0.4, 0.5) is 5.69 Å². The highest BCUT2D eigenvalue weighted by Crippen LogP contribution is 2.49. The van der Waals surface area contributed by atoms with E-state index >= 15 is 0 Å². The minimum atomic E-state index is -3.79. The lowest BCUT2D eigenvalue weighted by molar-refractivity contribution is 0.0968. The fraction of sp³-hybridized carbons (Fsp3) is 0.310. The topological polar surface area (TPSA) is 114 Å². The minimum absolute atomic E-state index is 0.0826. The number of benzene rings is 2. The Labute approximate surface area is 215 Å². The van der Waals surface area contributed by atoms with Crippen molar-refractivity contribution in [2.24, 2.45) is 5.92 Å². The van der Waals surface area contributed by atoms with Gasteiger partial charge in [0.05, 0.1) is 16.5 Å². The number of hydrogen-bond donors (Lipinski definition) is 2. The molecule has 1 aromatic heterocycles. The summed E-state index contributed by atoms with van der Waals surface area (Å²) >= 11 is 0. The molecule has 2 N–H and O–H groups in total. The Hall–Kier alpha value is -3.65. The quantitative estimate of drug-likeness (QED) is 0.420. The fourth-order valence-electron chi connectivity index (χ4n) is 5.02. The number of fused-ring (bicyclic) bond motifs is 1. The molecule has 1 unspecified atom stereocenters. The van der Waals surface area contributed by atoms with E-state index in [1.807, 2.05) is 18.2 Å². The second kappa shape index (κ2) is 10.4. The van der Waals surface area contributed by atoms with Crippen molar-refractivity contribution in [1.82, 2.24) is 0 Å². The molecule has 0 amide bonds. The van der Waals surface area contributed by atoms with Crippen molar-refractivity contribution in [3.63, 3.8) is 0 Å². The summed E-state index contributed by atoms with van der Waals surface area (Å²) in [5, 5.41) is 12.3. The normalized spacial score (nSPS) is 17.1. The molecule has 192 valence electrons. The lowest BCUT2D eigenvalue weighted by atomic mass is 9.85. The molecule has 2 aromatic carbocycles. The maximum atomic E-state index is 13.1. The van der Waals surface area contributed by atoms with E-state index in [4.69, 9.17) is 4.42 Å². The number of carbonyl (C=O) groups is 1. The van der Waals surface area contributed by atoms with Crippen LogP contribution < -0.4 is 10.3 Å². The summed E-state index contributed by atoms with van der Waals surface area (Å²) in [5.74, 6) is -0.660. The molecule has 7 nitrogen and oxygen atoms in total. The second-order valence-corrected chi connectivity index (χ2v) is 11.3. The first-order valence-corrected chi connectivity index (χ1v) is 14.1. The highest BCUT2D eigenvalue weighted by atomic mass is 32.2. The second-order valence-electron chi connectivity index (χ2n) is 9.73. The number of hydrogen-bond acceptors (Lipinski definition) is 6. The Morgan fingerprint density at radius 3 is 2.49 bits per heavy atom. The molecule has 3 aromatic rings.